The van der Waals surface area contributed by atoms with E-state index in [4.69, 9.17) is 0 Å². The molecule has 0 aliphatic rings. The Kier molecular flexibility index (Phi) is 7.93. The Hall–Kier alpha value is -0.440. The molecule has 104 valence electrons. The fraction of sp³-hybridized carbons (Fsp3) is 0.250. The zero-order valence-corrected chi connectivity index (χ0v) is 15.4. The Bertz CT molecular complexity index is 719. The first-order chi connectivity index (χ1) is 8.73. The number of rotatable bonds is 1. The second-order valence-corrected chi connectivity index (χ2v) is 6.27. The van der Waals surface area contributed by atoms with Gasteiger partial charge in [0.05, 0.1) is 4.90 Å². The van der Waals surface area contributed by atoms with Gasteiger partial charge in [-0.3, -0.25) is 8.75 Å². The second kappa shape index (κ2) is 8.11. The Morgan fingerprint density at radius 1 is 1.20 bits per heavy atom. The van der Waals surface area contributed by atoms with Gasteiger partial charge in [-0.05, 0) is 31.0 Å². The molecule has 0 atom stereocenters. The summed E-state index contributed by atoms with van der Waals surface area (Å²) in [6.45, 7) is 3.39. The van der Waals surface area contributed by atoms with Gasteiger partial charge in [-0.15, -0.1) is 0 Å². The topological polar surface area (TPSA) is 79.2 Å². The van der Waals surface area contributed by atoms with Crippen LogP contribution in [0.5, 0.6) is 0 Å². The van der Waals surface area contributed by atoms with Crippen LogP contribution in [0.4, 0.5) is 0 Å². The smallest absolute Gasteiger partial charge is 0.744 e. The Balaban J connectivity index is 0.000000387. The Morgan fingerprint density at radius 3 is 2.10 bits per heavy atom. The SMILES string of the molecule is Cc1cccc(S(=O)(=O)[O-])c1C.Cn1sccc1=O.[Na+]. The van der Waals surface area contributed by atoms with Crippen LogP contribution in [0.2, 0.25) is 0 Å². The molecule has 0 radical (unpaired) electrons. The summed E-state index contributed by atoms with van der Waals surface area (Å²) in [6.07, 6.45) is 0. The maximum atomic E-state index is 10.7. The van der Waals surface area contributed by atoms with E-state index in [1.807, 2.05) is 0 Å². The van der Waals surface area contributed by atoms with Crippen molar-refractivity contribution in [2.45, 2.75) is 18.7 Å². The molecule has 2 aromatic rings. The van der Waals surface area contributed by atoms with E-state index in [0.29, 0.717) is 5.56 Å². The average molecular weight is 323 g/mol. The monoisotopic (exact) mass is 323 g/mol. The average Bonchev–Trinajstić information content (AvgIpc) is 2.66. The van der Waals surface area contributed by atoms with Crippen LogP contribution < -0.4 is 35.1 Å². The van der Waals surface area contributed by atoms with E-state index < -0.39 is 10.1 Å². The van der Waals surface area contributed by atoms with Crippen LogP contribution in [0.25, 0.3) is 0 Å². The van der Waals surface area contributed by atoms with E-state index >= 15 is 0 Å². The van der Waals surface area contributed by atoms with Gasteiger partial charge >= 0.3 is 29.6 Å². The van der Waals surface area contributed by atoms with E-state index in [1.165, 1.54) is 17.6 Å². The molecular formula is C12H14NNaO4S2. The van der Waals surface area contributed by atoms with Crippen molar-refractivity contribution >= 4 is 21.7 Å². The number of hydrogen-bond donors (Lipinski definition) is 0. The van der Waals surface area contributed by atoms with Crippen LogP contribution in [-0.4, -0.2) is 16.9 Å². The minimum atomic E-state index is -4.31. The van der Waals surface area contributed by atoms with Gasteiger partial charge in [0.15, 0.2) is 0 Å². The van der Waals surface area contributed by atoms with Crippen LogP contribution in [0, 0.1) is 13.8 Å². The summed E-state index contributed by atoms with van der Waals surface area (Å²) in [5, 5.41) is 1.77. The first-order valence-electron chi connectivity index (χ1n) is 5.36. The number of aromatic nitrogens is 1. The summed E-state index contributed by atoms with van der Waals surface area (Å²) >= 11 is 1.41. The standard InChI is InChI=1S/C8H10O3S.C4H5NOS.Na/c1-6-4-3-5-8(7(6)2)12(9,10)11;1-5-4(6)2-3-7-5;/h3-5H,1-2H3,(H,9,10,11);2-3H,1H3;/q;;+1/p-1. The molecule has 8 heteroatoms. The molecule has 0 aliphatic heterocycles. The van der Waals surface area contributed by atoms with E-state index in [2.05, 4.69) is 0 Å². The number of nitrogens with zero attached hydrogens (tertiary/aromatic N) is 1. The van der Waals surface area contributed by atoms with Crippen molar-refractivity contribution in [2.24, 2.45) is 7.05 Å². The van der Waals surface area contributed by atoms with Crippen molar-refractivity contribution in [1.29, 1.82) is 0 Å². The van der Waals surface area contributed by atoms with Crippen LogP contribution in [0.1, 0.15) is 11.1 Å². The maximum Gasteiger partial charge on any atom is 1.00 e. The summed E-state index contributed by atoms with van der Waals surface area (Å²) in [7, 11) is -2.56. The van der Waals surface area contributed by atoms with Gasteiger partial charge < -0.3 is 4.55 Å². The number of aryl methyl sites for hydroxylation is 2. The molecule has 0 aliphatic carbocycles. The Labute approximate surface area is 144 Å². The number of benzene rings is 1. The Morgan fingerprint density at radius 2 is 1.80 bits per heavy atom. The minimum absolute atomic E-state index is 0. The fourth-order valence-corrected chi connectivity index (χ4v) is 2.64. The van der Waals surface area contributed by atoms with Gasteiger partial charge in [0.1, 0.15) is 10.1 Å². The quantitative estimate of drug-likeness (QED) is 0.481. The van der Waals surface area contributed by atoms with Gasteiger partial charge in [0, 0.05) is 18.5 Å². The molecule has 2 rings (SSSR count). The van der Waals surface area contributed by atoms with Crippen LogP contribution >= 0.6 is 11.5 Å². The first kappa shape index (κ1) is 19.6. The molecule has 1 heterocycles. The third-order valence-corrected chi connectivity index (χ3v) is 4.30. The molecular weight excluding hydrogens is 309 g/mol. The van der Waals surface area contributed by atoms with Gasteiger partial charge in [-0.25, -0.2) is 8.42 Å². The zero-order chi connectivity index (χ0) is 14.6. The summed E-state index contributed by atoms with van der Waals surface area (Å²) in [5.41, 5.74) is 1.42. The van der Waals surface area contributed by atoms with Crippen LogP contribution in [-0.2, 0) is 17.2 Å². The molecule has 0 amide bonds. The molecule has 0 fully saturated rings. The normalized spacial score (nSPS) is 10.2. The van der Waals surface area contributed by atoms with Crippen molar-refractivity contribution in [3.8, 4) is 0 Å². The van der Waals surface area contributed by atoms with Gasteiger partial charge in [-0.2, -0.15) is 0 Å². The van der Waals surface area contributed by atoms with Crippen molar-refractivity contribution < 1.29 is 42.5 Å². The molecule has 0 bridgehead atoms. The van der Waals surface area contributed by atoms with Gasteiger partial charge in [-0.1, -0.05) is 23.7 Å². The van der Waals surface area contributed by atoms with Crippen molar-refractivity contribution in [3.63, 3.8) is 0 Å². The largest absolute Gasteiger partial charge is 1.00 e. The van der Waals surface area contributed by atoms with E-state index in [1.54, 1.807) is 48.4 Å². The van der Waals surface area contributed by atoms with Crippen molar-refractivity contribution in [3.05, 3.63) is 51.1 Å². The first-order valence-corrected chi connectivity index (χ1v) is 7.61. The second-order valence-electron chi connectivity index (χ2n) is 3.90. The van der Waals surface area contributed by atoms with Crippen molar-refractivity contribution in [2.75, 3.05) is 0 Å². The predicted molar refractivity (Wildman–Crippen MR) is 73.4 cm³/mol. The summed E-state index contributed by atoms with van der Waals surface area (Å²) < 4.78 is 33.5. The predicted octanol–water partition coefficient (Wildman–Crippen LogP) is -1.34. The van der Waals surface area contributed by atoms with E-state index in [9.17, 15) is 17.8 Å². The molecule has 0 unspecified atom stereocenters. The summed E-state index contributed by atoms with van der Waals surface area (Å²) in [5.74, 6) is 0. The zero-order valence-electron chi connectivity index (χ0n) is 11.8. The van der Waals surface area contributed by atoms with E-state index in [0.717, 1.165) is 5.56 Å². The molecule has 0 N–H and O–H groups in total. The number of hydrogen-bond acceptors (Lipinski definition) is 5. The van der Waals surface area contributed by atoms with Crippen LogP contribution in [0.15, 0.2) is 39.3 Å². The molecule has 0 saturated carbocycles. The molecule has 1 aromatic carbocycles. The molecule has 0 saturated heterocycles. The fourth-order valence-electron chi connectivity index (χ4n) is 1.33. The molecule has 1 aromatic heterocycles. The molecule has 20 heavy (non-hydrogen) atoms. The third kappa shape index (κ3) is 5.51. The van der Waals surface area contributed by atoms with E-state index in [-0.39, 0.29) is 40.0 Å². The minimum Gasteiger partial charge on any atom is -0.744 e. The summed E-state index contributed by atoms with van der Waals surface area (Å²) in [6, 6.07) is 6.20. The summed E-state index contributed by atoms with van der Waals surface area (Å²) in [4.78, 5) is 10.3. The van der Waals surface area contributed by atoms with Crippen LogP contribution in [0.3, 0.4) is 0 Å². The van der Waals surface area contributed by atoms with Gasteiger partial charge in [0.2, 0.25) is 0 Å². The maximum absolute atomic E-state index is 10.7. The molecule has 5 nitrogen and oxygen atoms in total. The van der Waals surface area contributed by atoms with Crippen molar-refractivity contribution in [1.82, 2.24) is 3.96 Å². The molecule has 0 spiro atoms. The van der Waals surface area contributed by atoms with Gasteiger partial charge in [0.25, 0.3) is 5.56 Å². The third-order valence-electron chi connectivity index (χ3n) is 2.56.